The Morgan fingerprint density at radius 2 is 2.00 bits per heavy atom. The first-order valence-corrected chi connectivity index (χ1v) is 8.44. The molecule has 0 aliphatic heterocycles. The van der Waals surface area contributed by atoms with Crippen LogP contribution in [0.15, 0.2) is 18.2 Å². The van der Waals surface area contributed by atoms with Crippen LogP contribution in [-0.4, -0.2) is 33.1 Å². The van der Waals surface area contributed by atoms with Crippen molar-refractivity contribution in [2.24, 2.45) is 0 Å². The van der Waals surface area contributed by atoms with Crippen LogP contribution in [0.25, 0.3) is 0 Å². The Kier molecular flexibility index (Phi) is 6.31. The van der Waals surface area contributed by atoms with E-state index in [0.29, 0.717) is 0 Å². The molecule has 0 amide bonds. The molecule has 0 aliphatic carbocycles. The van der Waals surface area contributed by atoms with E-state index in [4.69, 9.17) is 4.74 Å². The van der Waals surface area contributed by atoms with Crippen molar-refractivity contribution in [2.75, 3.05) is 24.7 Å². The lowest BCUT2D eigenvalue weighted by molar-refractivity contribution is 0.334. The summed E-state index contributed by atoms with van der Waals surface area (Å²) in [6, 6.07) is 5.95. The molecule has 5 heteroatoms. The quantitative estimate of drug-likeness (QED) is 0.793. The molecule has 0 fully saturated rings. The van der Waals surface area contributed by atoms with Gasteiger partial charge in [-0.15, -0.1) is 0 Å². The fraction of sp³-hybridized carbons (Fsp3) is 0.571. The summed E-state index contributed by atoms with van der Waals surface area (Å²) >= 11 is 0. The summed E-state index contributed by atoms with van der Waals surface area (Å²) in [7, 11) is -2.97. The SMILES string of the molecule is CCNCc1cccc(C)c1OCCS(=O)(=O)CC. The predicted octanol–water partition coefficient (Wildman–Crippen LogP) is 1.92. The number of sulfone groups is 1. The number of ether oxygens (including phenoxy) is 1. The van der Waals surface area contributed by atoms with E-state index < -0.39 is 9.84 Å². The van der Waals surface area contributed by atoms with Gasteiger partial charge in [0.05, 0.1) is 5.75 Å². The molecule has 1 aromatic carbocycles. The number of para-hydroxylation sites is 1. The van der Waals surface area contributed by atoms with Crippen LogP contribution in [0.5, 0.6) is 5.75 Å². The molecule has 0 heterocycles. The molecule has 1 rings (SSSR count). The summed E-state index contributed by atoms with van der Waals surface area (Å²) in [6.45, 7) is 7.49. The summed E-state index contributed by atoms with van der Waals surface area (Å²) in [5.74, 6) is 1.03. The highest BCUT2D eigenvalue weighted by molar-refractivity contribution is 7.91. The van der Waals surface area contributed by atoms with Crippen molar-refractivity contribution in [3.8, 4) is 5.75 Å². The second-order valence-electron chi connectivity index (χ2n) is 4.43. The Morgan fingerprint density at radius 3 is 2.63 bits per heavy atom. The first-order chi connectivity index (χ1) is 9.00. The van der Waals surface area contributed by atoms with E-state index in [1.165, 1.54) is 0 Å². The number of benzene rings is 1. The number of nitrogens with one attached hydrogen (secondary N) is 1. The van der Waals surface area contributed by atoms with E-state index >= 15 is 0 Å². The number of hydrogen-bond acceptors (Lipinski definition) is 4. The first kappa shape index (κ1) is 16.0. The third kappa shape index (κ3) is 5.20. The summed E-state index contributed by atoms with van der Waals surface area (Å²) in [5, 5.41) is 3.25. The summed E-state index contributed by atoms with van der Waals surface area (Å²) in [5.41, 5.74) is 2.10. The van der Waals surface area contributed by atoms with Crippen molar-refractivity contribution in [3.63, 3.8) is 0 Å². The summed E-state index contributed by atoms with van der Waals surface area (Å²) < 4.78 is 28.6. The van der Waals surface area contributed by atoms with Crippen molar-refractivity contribution in [1.29, 1.82) is 0 Å². The Bertz CT molecular complexity index is 497. The fourth-order valence-corrected chi connectivity index (χ4v) is 2.36. The van der Waals surface area contributed by atoms with Crippen LogP contribution in [0.4, 0.5) is 0 Å². The highest BCUT2D eigenvalue weighted by atomic mass is 32.2. The van der Waals surface area contributed by atoms with Gasteiger partial charge in [0.25, 0.3) is 0 Å². The smallest absolute Gasteiger partial charge is 0.153 e. The second kappa shape index (κ2) is 7.50. The largest absolute Gasteiger partial charge is 0.492 e. The van der Waals surface area contributed by atoms with Crippen LogP contribution >= 0.6 is 0 Å². The molecule has 0 unspecified atom stereocenters. The third-order valence-electron chi connectivity index (χ3n) is 2.94. The molecule has 19 heavy (non-hydrogen) atoms. The van der Waals surface area contributed by atoms with E-state index in [9.17, 15) is 8.42 Å². The minimum Gasteiger partial charge on any atom is -0.492 e. The van der Waals surface area contributed by atoms with Crippen molar-refractivity contribution in [3.05, 3.63) is 29.3 Å². The highest BCUT2D eigenvalue weighted by Gasteiger charge is 2.10. The zero-order chi connectivity index (χ0) is 14.3. The second-order valence-corrected chi connectivity index (χ2v) is 6.90. The predicted molar refractivity (Wildman–Crippen MR) is 78.4 cm³/mol. The lowest BCUT2D eigenvalue weighted by atomic mass is 10.1. The van der Waals surface area contributed by atoms with Crippen LogP contribution in [-0.2, 0) is 16.4 Å². The minimum absolute atomic E-state index is 0.0679. The molecule has 0 radical (unpaired) electrons. The topological polar surface area (TPSA) is 55.4 Å². The van der Waals surface area contributed by atoms with Gasteiger partial charge in [0.1, 0.15) is 12.4 Å². The normalized spacial score (nSPS) is 11.5. The van der Waals surface area contributed by atoms with Crippen LogP contribution in [0, 0.1) is 6.92 Å². The number of hydrogen-bond donors (Lipinski definition) is 1. The van der Waals surface area contributed by atoms with Gasteiger partial charge in [0.2, 0.25) is 0 Å². The van der Waals surface area contributed by atoms with Crippen LogP contribution in [0.2, 0.25) is 0 Å². The average Bonchev–Trinajstić information content (AvgIpc) is 2.38. The zero-order valence-electron chi connectivity index (χ0n) is 11.9. The van der Waals surface area contributed by atoms with E-state index in [1.54, 1.807) is 6.92 Å². The third-order valence-corrected chi connectivity index (χ3v) is 4.61. The minimum atomic E-state index is -2.97. The van der Waals surface area contributed by atoms with Gasteiger partial charge in [-0.1, -0.05) is 32.0 Å². The van der Waals surface area contributed by atoms with E-state index in [1.807, 2.05) is 32.0 Å². The van der Waals surface area contributed by atoms with Gasteiger partial charge in [-0.25, -0.2) is 8.42 Å². The Labute approximate surface area is 116 Å². The monoisotopic (exact) mass is 285 g/mol. The average molecular weight is 285 g/mol. The molecule has 0 saturated heterocycles. The molecular formula is C14H23NO3S. The zero-order valence-corrected chi connectivity index (χ0v) is 12.7. The molecule has 0 atom stereocenters. The van der Waals surface area contributed by atoms with Crippen molar-refractivity contribution in [1.82, 2.24) is 5.32 Å². The molecule has 108 valence electrons. The maximum absolute atomic E-state index is 11.4. The van der Waals surface area contributed by atoms with Gasteiger partial charge in [0.15, 0.2) is 9.84 Å². The van der Waals surface area contributed by atoms with E-state index in [0.717, 1.165) is 30.0 Å². The molecular weight excluding hydrogens is 262 g/mol. The molecule has 0 aliphatic rings. The van der Waals surface area contributed by atoms with Crippen molar-refractivity contribution >= 4 is 9.84 Å². The van der Waals surface area contributed by atoms with E-state index in [2.05, 4.69) is 5.32 Å². The highest BCUT2D eigenvalue weighted by Crippen LogP contribution is 2.23. The molecule has 0 spiro atoms. The number of aryl methyl sites for hydroxylation is 1. The standard InChI is InChI=1S/C14H23NO3S/c1-4-15-11-13-8-6-7-12(3)14(13)18-9-10-19(16,17)5-2/h6-8,15H,4-5,9-11H2,1-3H3. The molecule has 1 aromatic rings. The van der Waals surface area contributed by atoms with Crippen molar-refractivity contribution < 1.29 is 13.2 Å². The van der Waals surface area contributed by atoms with Gasteiger partial charge in [0, 0.05) is 17.9 Å². The molecule has 0 saturated carbocycles. The van der Waals surface area contributed by atoms with Crippen LogP contribution in [0.1, 0.15) is 25.0 Å². The maximum Gasteiger partial charge on any atom is 0.153 e. The fourth-order valence-electron chi connectivity index (χ4n) is 1.73. The molecule has 1 N–H and O–H groups in total. The van der Waals surface area contributed by atoms with Gasteiger partial charge in [-0.05, 0) is 19.0 Å². The Hall–Kier alpha value is -1.07. The van der Waals surface area contributed by atoms with Gasteiger partial charge < -0.3 is 10.1 Å². The molecule has 0 bridgehead atoms. The summed E-state index contributed by atoms with van der Waals surface area (Å²) in [4.78, 5) is 0. The van der Waals surface area contributed by atoms with Gasteiger partial charge in [-0.2, -0.15) is 0 Å². The lowest BCUT2D eigenvalue weighted by Gasteiger charge is -2.14. The van der Waals surface area contributed by atoms with E-state index in [-0.39, 0.29) is 18.1 Å². The first-order valence-electron chi connectivity index (χ1n) is 6.62. The van der Waals surface area contributed by atoms with Crippen molar-refractivity contribution in [2.45, 2.75) is 27.3 Å². The maximum atomic E-state index is 11.4. The Morgan fingerprint density at radius 1 is 1.26 bits per heavy atom. The van der Waals surface area contributed by atoms with Crippen LogP contribution < -0.4 is 10.1 Å². The summed E-state index contributed by atoms with van der Waals surface area (Å²) in [6.07, 6.45) is 0. The van der Waals surface area contributed by atoms with Gasteiger partial charge in [-0.3, -0.25) is 0 Å². The number of rotatable bonds is 8. The van der Waals surface area contributed by atoms with Gasteiger partial charge >= 0.3 is 0 Å². The van der Waals surface area contributed by atoms with Crippen LogP contribution in [0.3, 0.4) is 0 Å². The molecule has 0 aromatic heterocycles. The Balaban J connectivity index is 2.71. The lowest BCUT2D eigenvalue weighted by Crippen LogP contribution is -2.18. The molecule has 4 nitrogen and oxygen atoms in total.